The first-order valence-corrected chi connectivity index (χ1v) is 19.2. The molecule has 4 unspecified atom stereocenters. The van der Waals surface area contributed by atoms with Crippen LogP contribution in [0, 0.1) is 0 Å². The summed E-state index contributed by atoms with van der Waals surface area (Å²) in [6.07, 6.45) is -8.66. The van der Waals surface area contributed by atoms with Crippen molar-refractivity contribution in [2.45, 2.75) is 49.1 Å². The van der Waals surface area contributed by atoms with E-state index >= 15 is 0 Å². The fourth-order valence-corrected chi connectivity index (χ4v) is 7.47. The number of aliphatic hydroxyl groups is 4. The van der Waals surface area contributed by atoms with Crippen LogP contribution in [-0.2, 0) is 55.5 Å². The van der Waals surface area contributed by atoms with Gasteiger partial charge < -0.3 is 68.2 Å². The Balaban J connectivity index is 0.00000360. The van der Waals surface area contributed by atoms with E-state index < -0.39 is 102 Å². The van der Waals surface area contributed by atoms with Gasteiger partial charge >= 0.3 is 26.9 Å². The number of aliphatic hydroxyl groups excluding tert-OH is 4. The maximum atomic E-state index is 12.4. The molecule has 4 aromatic heterocycles. The van der Waals surface area contributed by atoms with Gasteiger partial charge in [-0.05, 0) is 0 Å². The number of anilines is 2. The molecule has 6 rings (SSSR count). The minimum Gasteiger partial charge on any atom is -0.387 e. The van der Waals surface area contributed by atoms with Gasteiger partial charge in [0.25, 0.3) is 23.0 Å². The molecule has 20 N–H and O–H groups in total. The van der Waals surface area contributed by atoms with Crippen LogP contribution >= 0.6 is 15.6 Å². The Morgan fingerprint density at radius 2 is 1.07 bits per heavy atom. The van der Waals surface area contributed by atoms with Crippen LogP contribution in [0.4, 0.5) is 11.9 Å². The molecule has 0 bridgehead atoms. The van der Waals surface area contributed by atoms with Crippen molar-refractivity contribution in [3.05, 3.63) is 33.4 Å². The Labute approximate surface area is 319 Å². The zero-order chi connectivity index (χ0) is 40.0. The number of nitrogen functional groups attached to an aromatic ring is 2. The van der Waals surface area contributed by atoms with Crippen LogP contribution in [-0.4, -0.2) is 136 Å². The maximum absolute atomic E-state index is 12.4. The Bertz CT molecular complexity index is 2100. The second kappa shape index (κ2) is 18.0. The van der Waals surface area contributed by atoms with E-state index in [2.05, 4.69) is 19.9 Å². The van der Waals surface area contributed by atoms with Crippen LogP contribution in [0.3, 0.4) is 0 Å². The van der Waals surface area contributed by atoms with E-state index in [4.69, 9.17) is 43.8 Å². The zero-order valence-electron chi connectivity index (χ0n) is 30.9. The first-order chi connectivity index (χ1) is 25.9. The van der Waals surface area contributed by atoms with Crippen molar-refractivity contribution in [3.8, 4) is 0 Å². The topological polar surface area (TPSA) is 454 Å². The number of rotatable bonds is 16. The number of nitrogens with zero attached hydrogens (tertiary/aromatic N) is 6. The van der Waals surface area contributed by atoms with Crippen LogP contribution in [0.5, 0.6) is 0 Å². The first-order valence-electron chi connectivity index (χ1n) is 16.2. The molecule has 31 heteroatoms. The number of nitrogens with two attached hydrogens (primary N) is 2. The summed E-state index contributed by atoms with van der Waals surface area (Å²) < 4.78 is 66.2. The summed E-state index contributed by atoms with van der Waals surface area (Å²) >= 11 is 0. The average Bonchev–Trinajstić information content (AvgIpc) is 3.79. The van der Waals surface area contributed by atoms with Crippen LogP contribution in [0.25, 0.3) is 22.3 Å². The van der Waals surface area contributed by atoms with Gasteiger partial charge in [0.05, 0.1) is 53.7 Å². The fourth-order valence-electron chi connectivity index (χ4n) is 6.04. The summed E-state index contributed by atoms with van der Waals surface area (Å²) in [5, 5.41) is 42.3. The van der Waals surface area contributed by atoms with E-state index in [0.29, 0.717) is 0 Å². The number of H-pyrrole nitrogens is 2. The van der Waals surface area contributed by atoms with Crippen LogP contribution in [0.2, 0.25) is 0 Å². The Morgan fingerprint density at radius 1 is 0.702 bits per heavy atom. The monoisotopic (exact) mass is 862 g/mol. The van der Waals surface area contributed by atoms with Crippen molar-refractivity contribution >= 4 is 49.9 Å². The van der Waals surface area contributed by atoms with Crippen molar-refractivity contribution in [3.63, 3.8) is 0 Å². The van der Waals surface area contributed by atoms with Crippen molar-refractivity contribution in [2.24, 2.45) is 14.1 Å². The van der Waals surface area contributed by atoms with E-state index in [-0.39, 0.29) is 59.7 Å². The minimum atomic E-state index is -4.73. The Kier molecular flexibility index (Phi) is 14.5. The summed E-state index contributed by atoms with van der Waals surface area (Å²) in [7, 11) is -6.39. The molecule has 2 aliphatic rings. The standard InChI is InChI=1S/C26H38N10O17P2.2H3N/c1-33-9-35(19-13(33)21(41)31-25(27)29-19)23-17(39)15(37)11(52-23)7-50-54(43,44)48-5-3-47-4-6-49-55(45,46)51-8-12-16(38)18(40)24(53-12)36-10-34(2)14-20(36)30-26(28)32-22(14)42;;/h9-12,15-18,23-24,37-40H,3-8H2,1-2H3,(H6-2,27,28,29,30,31,32,41,42,43,44,45,46);2*1H3/p+4/t11-,12+,15+,16?,17?,18-,23-,24+;;/m0../s1. The quantitative estimate of drug-likeness (QED) is 0.0287. The molecule has 0 aliphatic carbocycles. The molecule has 0 radical (unpaired) electrons. The van der Waals surface area contributed by atoms with Crippen molar-refractivity contribution < 1.29 is 80.8 Å². The van der Waals surface area contributed by atoms with Gasteiger partial charge in [-0.2, -0.15) is 0 Å². The van der Waals surface area contributed by atoms with Gasteiger partial charge in [-0.3, -0.25) is 46.8 Å². The maximum Gasteiger partial charge on any atom is 0.472 e. The third-order valence-corrected chi connectivity index (χ3v) is 10.5. The fraction of sp³-hybridized carbons (Fsp3) is 0.615. The molecule has 6 heterocycles. The number of imidazole rings is 2. The number of phosphoric ester groups is 2. The number of fused-ring (bicyclic) bond motifs is 2. The summed E-state index contributed by atoms with van der Waals surface area (Å²) in [5.41, 5.74) is 10.5. The van der Waals surface area contributed by atoms with Gasteiger partial charge in [0, 0.05) is 0 Å². The number of aromatic amines is 2. The SMILES string of the molecule is Cn1c[n+]([C@@H]2O[C@H](COP(=O)(O)OCCOCCOP(=O)(O)OC[C@@H]3O[C@H]([n+]4cn(C)c5c(=O)[nH]c(N)nc54)C(O)[C@@H]3O)C(O)[C@@H]2O)c2nc(N)[nH]c(=O)c21.[NH4+].[NH4+]. The lowest BCUT2D eigenvalue weighted by atomic mass is 10.1. The first kappa shape index (κ1) is 45.9. The molecule has 2 saturated heterocycles. The highest BCUT2D eigenvalue weighted by atomic mass is 31.2. The van der Waals surface area contributed by atoms with Gasteiger partial charge in [0.2, 0.25) is 23.5 Å². The highest BCUT2D eigenvalue weighted by molar-refractivity contribution is 7.47. The normalized spacial score (nSPS) is 26.9. The van der Waals surface area contributed by atoms with E-state index in [0.717, 1.165) is 0 Å². The zero-order valence-corrected chi connectivity index (χ0v) is 32.7. The van der Waals surface area contributed by atoms with E-state index in [1.165, 1.54) is 30.9 Å². The van der Waals surface area contributed by atoms with Crippen LogP contribution in [0.15, 0.2) is 22.2 Å². The predicted molar refractivity (Wildman–Crippen MR) is 190 cm³/mol. The molecule has 0 aromatic carbocycles. The smallest absolute Gasteiger partial charge is 0.387 e. The highest BCUT2D eigenvalue weighted by Crippen LogP contribution is 2.45. The molecule has 0 spiro atoms. The van der Waals surface area contributed by atoms with Gasteiger partial charge in [0.1, 0.15) is 36.6 Å². The number of hydrogen-bond donors (Lipinski definition) is 12. The van der Waals surface area contributed by atoms with Crippen molar-refractivity contribution in [2.75, 3.05) is 51.1 Å². The molecule has 29 nitrogen and oxygen atoms in total. The minimum absolute atomic E-state index is 0. The largest absolute Gasteiger partial charge is 0.472 e. The molecule has 2 aliphatic heterocycles. The molecule has 2 fully saturated rings. The third kappa shape index (κ3) is 9.73. The van der Waals surface area contributed by atoms with Crippen LogP contribution in [0.1, 0.15) is 12.5 Å². The lowest BCUT2D eigenvalue weighted by Gasteiger charge is -2.17. The average molecular weight is 863 g/mol. The second-order valence-electron chi connectivity index (χ2n) is 12.4. The molecule has 10 atom stereocenters. The number of phosphoric acid groups is 2. The Morgan fingerprint density at radius 3 is 1.44 bits per heavy atom. The lowest BCUT2D eigenvalue weighted by Crippen LogP contribution is -2.46. The number of aryl methyl sites for hydroxylation is 2. The number of nitrogens with one attached hydrogen (secondary N) is 2. The summed E-state index contributed by atoms with van der Waals surface area (Å²) in [4.78, 5) is 57.6. The molecule has 4 aromatic rings. The molecule has 57 heavy (non-hydrogen) atoms. The Hall–Kier alpha value is -3.84. The number of ether oxygens (including phenoxy) is 3. The second-order valence-corrected chi connectivity index (χ2v) is 15.3. The van der Waals surface area contributed by atoms with Gasteiger partial charge in [-0.1, -0.05) is 9.97 Å². The van der Waals surface area contributed by atoms with Gasteiger partial charge in [-0.25, -0.2) is 18.3 Å². The van der Waals surface area contributed by atoms with Crippen molar-refractivity contribution in [1.82, 2.24) is 41.4 Å². The number of aromatic nitrogens is 8. The molecular formula is C26H48N12O17P2+4. The molecular weight excluding hydrogens is 814 g/mol. The highest BCUT2D eigenvalue weighted by Gasteiger charge is 2.49. The summed E-state index contributed by atoms with van der Waals surface area (Å²) in [6, 6.07) is 0. The summed E-state index contributed by atoms with van der Waals surface area (Å²) in [6.45, 7) is -2.96. The molecule has 0 amide bonds. The number of hydrogen-bond acceptors (Lipinski definition) is 19. The molecule has 0 saturated carbocycles. The van der Waals surface area contributed by atoms with E-state index in [1.807, 2.05) is 0 Å². The third-order valence-electron chi connectivity index (χ3n) is 8.57. The van der Waals surface area contributed by atoms with E-state index in [9.17, 15) is 48.9 Å². The van der Waals surface area contributed by atoms with Gasteiger partial charge in [0.15, 0.2) is 12.7 Å². The van der Waals surface area contributed by atoms with Crippen LogP contribution < -0.4 is 44.0 Å². The van der Waals surface area contributed by atoms with Gasteiger partial charge in [-0.15, -0.1) is 0 Å². The molecule has 320 valence electrons. The lowest BCUT2D eigenvalue weighted by molar-refractivity contribution is -0.746. The van der Waals surface area contributed by atoms with E-state index in [1.54, 1.807) is 14.1 Å². The summed E-state index contributed by atoms with van der Waals surface area (Å²) in [5.74, 6) is -0.397. The predicted octanol–water partition coefficient (Wildman–Crippen LogP) is -4.45. The number of quaternary nitrogens is 2. The van der Waals surface area contributed by atoms with Crippen molar-refractivity contribution in [1.29, 1.82) is 0 Å².